The molecule has 1 saturated heterocycles. The molecule has 5 nitrogen and oxygen atoms in total. The zero-order valence-electron chi connectivity index (χ0n) is 11.1. The molecule has 0 spiro atoms. The fraction of sp³-hybridized carbons (Fsp3) is 0.538. The van der Waals surface area contributed by atoms with E-state index in [1.807, 2.05) is 6.92 Å². The summed E-state index contributed by atoms with van der Waals surface area (Å²) in [7, 11) is -3.28. The minimum absolute atomic E-state index is 0.0589. The molecule has 2 unspecified atom stereocenters. The summed E-state index contributed by atoms with van der Waals surface area (Å²) in [5, 5.41) is 3.24. The van der Waals surface area contributed by atoms with Gasteiger partial charge in [-0.15, -0.1) is 0 Å². The van der Waals surface area contributed by atoms with Crippen LogP contribution < -0.4 is 10.1 Å². The highest BCUT2D eigenvalue weighted by Gasteiger charge is 2.20. The highest BCUT2D eigenvalue weighted by molar-refractivity contribution is 7.90. The quantitative estimate of drug-likeness (QED) is 0.888. The van der Waals surface area contributed by atoms with Crippen molar-refractivity contribution in [1.29, 1.82) is 0 Å². The van der Waals surface area contributed by atoms with Gasteiger partial charge in [0.05, 0.1) is 6.10 Å². The van der Waals surface area contributed by atoms with Crippen LogP contribution in [0.1, 0.15) is 6.92 Å². The molecule has 6 heteroatoms. The van der Waals surface area contributed by atoms with E-state index in [2.05, 4.69) is 5.32 Å². The molecular weight excluding hydrogens is 266 g/mol. The lowest BCUT2D eigenvalue weighted by molar-refractivity contribution is -0.0474. The Morgan fingerprint density at radius 3 is 2.79 bits per heavy atom. The molecule has 19 heavy (non-hydrogen) atoms. The molecule has 1 aliphatic heterocycles. The Morgan fingerprint density at radius 2 is 2.11 bits per heavy atom. The maximum absolute atomic E-state index is 11.6. The molecule has 0 saturated carbocycles. The van der Waals surface area contributed by atoms with Gasteiger partial charge in [-0.05, 0) is 19.1 Å². The van der Waals surface area contributed by atoms with Crippen molar-refractivity contribution in [2.75, 3.05) is 26.0 Å². The summed E-state index contributed by atoms with van der Waals surface area (Å²) >= 11 is 0. The van der Waals surface area contributed by atoms with E-state index in [9.17, 15) is 8.42 Å². The van der Waals surface area contributed by atoms with Crippen LogP contribution in [0.4, 0.5) is 0 Å². The summed E-state index contributed by atoms with van der Waals surface area (Å²) in [6.45, 7) is 3.87. The lowest BCUT2D eigenvalue weighted by Crippen LogP contribution is -2.45. The third-order valence-electron chi connectivity index (χ3n) is 2.90. The largest absolute Gasteiger partial charge is 0.489 e. The Kier molecular flexibility index (Phi) is 4.44. The first-order valence-corrected chi connectivity index (χ1v) is 8.14. The summed E-state index contributed by atoms with van der Waals surface area (Å²) < 4.78 is 34.6. The Balaban J connectivity index is 2.04. The van der Waals surface area contributed by atoms with Crippen LogP contribution in [-0.4, -0.2) is 46.6 Å². The number of morpholine rings is 1. The summed E-state index contributed by atoms with van der Waals surface area (Å²) in [6, 6.07) is 6.65. The molecule has 0 aliphatic carbocycles. The minimum atomic E-state index is -3.28. The van der Waals surface area contributed by atoms with E-state index in [-0.39, 0.29) is 17.1 Å². The van der Waals surface area contributed by atoms with Crippen LogP contribution >= 0.6 is 0 Å². The minimum Gasteiger partial charge on any atom is -0.489 e. The van der Waals surface area contributed by atoms with Gasteiger partial charge in [0.25, 0.3) is 0 Å². The van der Waals surface area contributed by atoms with Crippen molar-refractivity contribution >= 4 is 9.84 Å². The van der Waals surface area contributed by atoms with Crippen LogP contribution in [0.5, 0.6) is 5.75 Å². The van der Waals surface area contributed by atoms with Crippen LogP contribution in [0.2, 0.25) is 0 Å². The molecular formula is C13H19NO4S. The van der Waals surface area contributed by atoms with Crippen molar-refractivity contribution in [1.82, 2.24) is 5.32 Å². The molecule has 0 amide bonds. The second-order valence-electron chi connectivity index (χ2n) is 4.76. The van der Waals surface area contributed by atoms with E-state index in [1.54, 1.807) is 24.3 Å². The van der Waals surface area contributed by atoms with Gasteiger partial charge >= 0.3 is 0 Å². The van der Waals surface area contributed by atoms with E-state index in [1.165, 1.54) is 6.26 Å². The van der Waals surface area contributed by atoms with E-state index in [4.69, 9.17) is 9.47 Å². The molecule has 2 rings (SSSR count). The Hall–Kier alpha value is -1.11. The van der Waals surface area contributed by atoms with Gasteiger partial charge in [0.2, 0.25) is 0 Å². The van der Waals surface area contributed by atoms with Gasteiger partial charge in [-0.1, -0.05) is 12.1 Å². The van der Waals surface area contributed by atoms with Gasteiger partial charge in [0.1, 0.15) is 23.4 Å². The number of sulfone groups is 1. The van der Waals surface area contributed by atoms with Gasteiger partial charge in [0.15, 0.2) is 9.84 Å². The van der Waals surface area contributed by atoms with E-state index in [0.717, 1.165) is 6.54 Å². The van der Waals surface area contributed by atoms with Crippen LogP contribution in [0, 0.1) is 0 Å². The number of benzene rings is 1. The summed E-state index contributed by atoms with van der Waals surface area (Å²) in [4.78, 5) is 0.215. The van der Waals surface area contributed by atoms with Gasteiger partial charge in [-0.2, -0.15) is 0 Å². The fourth-order valence-electron chi connectivity index (χ4n) is 2.03. The lowest BCUT2D eigenvalue weighted by atomic mass is 10.2. The van der Waals surface area contributed by atoms with Crippen LogP contribution in [0.3, 0.4) is 0 Å². The molecule has 0 aromatic heterocycles. The third-order valence-corrected chi connectivity index (χ3v) is 4.04. The smallest absolute Gasteiger partial charge is 0.179 e. The predicted molar refractivity (Wildman–Crippen MR) is 72.3 cm³/mol. The number of ether oxygens (including phenoxy) is 2. The topological polar surface area (TPSA) is 64.6 Å². The van der Waals surface area contributed by atoms with Gasteiger partial charge in [0, 0.05) is 19.3 Å². The first-order chi connectivity index (χ1) is 8.97. The molecule has 1 aromatic carbocycles. The molecule has 1 N–H and O–H groups in total. The normalized spacial score (nSPS) is 24.1. The zero-order valence-corrected chi connectivity index (χ0v) is 11.9. The second kappa shape index (κ2) is 5.90. The molecule has 2 atom stereocenters. The Bertz CT molecular complexity index is 529. The fourth-order valence-corrected chi connectivity index (χ4v) is 2.85. The monoisotopic (exact) mass is 285 g/mol. The number of hydrogen-bond acceptors (Lipinski definition) is 5. The summed E-state index contributed by atoms with van der Waals surface area (Å²) in [5.41, 5.74) is 0. The van der Waals surface area contributed by atoms with Crippen molar-refractivity contribution in [3.8, 4) is 5.75 Å². The summed E-state index contributed by atoms with van der Waals surface area (Å²) in [6.07, 6.45) is 1.26. The van der Waals surface area contributed by atoms with Crippen molar-refractivity contribution in [3.63, 3.8) is 0 Å². The van der Waals surface area contributed by atoms with Crippen LogP contribution in [0.15, 0.2) is 29.2 Å². The molecule has 1 fully saturated rings. The van der Waals surface area contributed by atoms with Crippen LogP contribution in [-0.2, 0) is 14.6 Å². The average molecular weight is 285 g/mol. The number of rotatable bonds is 4. The van der Waals surface area contributed by atoms with E-state index in [0.29, 0.717) is 18.9 Å². The van der Waals surface area contributed by atoms with Crippen molar-refractivity contribution in [2.24, 2.45) is 0 Å². The highest BCUT2D eigenvalue weighted by Crippen LogP contribution is 2.23. The second-order valence-corrected chi connectivity index (χ2v) is 6.74. The Labute approximate surface area is 113 Å². The van der Waals surface area contributed by atoms with Gasteiger partial charge < -0.3 is 14.8 Å². The van der Waals surface area contributed by atoms with Crippen molar-refractivity contribution in [2.45, 2.75) is 24.0 Å². The van der Waals surface area contributed by atoms with E-state index < -0.39 is 9.84 Å². The zero-order chi connectivity index (χ0) is 13.9. The van der Waals surface area contributed by atoms with Gasteiger partial charge in [-0.25, -0.2) is 8.42 Å². The maximum atomic E-state index is 11.6. The molecule has 0 bridgehead atoms. The summed E-state index contributed by atoms with van der Waals surface area (Å²) in [5.74, 6) is 0.381. The first kappa shape index (κ1) is 14.3. The lowest BCUT2D eigenvalue weighted by Gasteiger charge is -2.28. The SMILES string of the molecule is CC1CNCC(COc2ccccc2S(C)(=O)=O)O1. The van der Waals surface area contributed by atoms with Crippen molar-refractivity contribution in [3.05, 3.63) is 24.3 Å². The molecule has 1 aromatic rings. The van der Waals surface area contributed by atoms with Crippen molar-refractivity contribution < 1.29 is 17.9 Å². The highest BCUT2D eigenvalue weighted by atomic mass is 32.2. The van der Waals surface area contributed by atoms with Crippen LogP contribution in [0.25, 0.3) is 0 Å². The predicted octanol–water partition coefficient (Wildman–Crippen LogP) is 0.846. The first-order valence-electron chi connectivity index (χ1n) is 6.25. The number of hydrogen-bond donors (Lipinski definition) is 1. The molecule has 1 aliphatic rings. The Morgan fingerprint density at radius 1 is 1.37 bits per heavy atom. The van der Waals surface area contributed by atoms with E-state index >= 15 is 0 Å². The molecule has 1 heterocycles. The number of para-hydroxylation sites is 1. The number of nitrogens with one attached hydrogen (secondary N) is 1. The molecule has 0 radical (unpaired) electrons. The standard InChI is InChI=1S/C13H19NO4S/c1-10-7-14-8-11(18-10)9-17-12-5-3-4-6-13(12)19(2,15)16/h3-6,10-11,14H,7-9H2,1-2H3. The maximum Gasteiger partial charge on any atom is 0.179 e. The third kappa shape index (κ3) is 3.92. The van der Waals surface area contributed by atoms with Gasteiger partial charge in [-0.3, -0.25) is 0 Å². The molecule has 106 valence electrons. The average Bonchev–Trinajstić information content (AvgIpc) is 2.36.